The quantitative estimate of drug-likeness (QED) is 0.408. The number of aryl methyl sites for hydroxylation is 1. The van der Waals surface area contributed by atoms with Crippen LogP contribution in [0.5, 0.6) is 0 Å². The van der Waals surface area contributed by atoms with Crippen molar-refractivity contribution < 1.29 is 14.6 Å². The number of aromatic nitrogens is 4. The van der Waals surface area contributed by atoms with Gasteiger partial charge < -0.3 is 25.4 Å². The zero-order valence-corrected chi connectivity index (χ0v) is 22.0. The van der Waals surface area contributed by atoms with E-state index in [4.69, 9.17) is 9.72 Å². The molecule has 1 fully saturated rings. The SMILES string of the molecule is Cc1ncc(NC(=O)c2ccnc(C(C)(C)C#N)c2)cc1-c1cc(N2CCOCC2)nc(NC(C)CO)n1. The Morgan fingerprint density at radius 1 is 1.24 bits per heavy atom. The minimum atomic E-state index is -0.820. The van der Waals surface area contributed by atoms with E-state index in [1.165, 1.54) is 6.20 Å². The number of nitrogens with zero attached hydrogens (tertiary/aromatic N) is 6. The Hall–Kier alpha value is -4.14. The van der Waals surface area contributed by atoms with Crippen LogP contribution in [0, 0.1) is 18.3 Å². The van der Waals surface area contributed by atoms with E-state index in [9.17, 15) is 15.2 Å². The summed E-state index contributed by atoms with van der Waals surface area (Å²) in [5.74, 6) is 0.794. The predicted octanol–water partition coefficient (Wildman–Crippen LogP) is 2.92. The molecule has 0 bridgehead atoms. The number of nitrogens with one attached hydrogen (secondary N) is 2. The molecule has 11 nitrogen and oxygen atoms in total. The minimum Gasteiger partial charge on any atom is -0.394 e. The van der Waals surface area contributed by atoms with E-state index in [1.54, 1.807) is 32.2 Å². The van der Waals surface area contributed by atoms with E-state index in [0.717, 1.165) is 17.1 Å². The summed E-state index contributed by atoms with van der Waals surface area (Å²) >= 11 is 0. The number of rotatable bonds is 8. The first-order valence-electron chi connectivity index (χ1n) is 12.5. The molecule has 4 heterocycles. The normalized spacial score (nSPS) is 14.5. The molecule has 198 valence electrons. The summed E-state index contributed by atoms with van der Waals surface area (Å²) in [5.41, 5.74) is 2.69. The van der Waals surface area contributed by atoms with Crippen LogP contribution in [-0.2, 0) is 10.2 Å². The van der Waals surface area contributed by atoms with E-state index in [1.807, 2.05) is 26.0 Å². The van der Waals surface area contributed by atoms with E-state index >= 15 is 0 Å². The molecule has 0 saturated carbocycles. The highest BCUT2D eigenvalue weighted by Crippen LogP contribution is 2.28. The summed E-state index contributed by atoms with van der Waals surface area (Å²) in [7, 11) is 0. The highest BCUT2D eigenvalue weighted by atomic mass is 16.5. The van der Waals surface area contributed by atoms with Gasteiger partial charge >= 0.3 is 0 Å². The maximum atomic E-state index is 13.1. The van der Waals surface area contributed by atoms with Crippen LogP contribution in [0.3, 0.4) is 0 Å². The van der Waals surface area contributed by atoms with Crippen molar-refractivity contribution in [2.24, 2.45) is 0 Å². The number of nitriles is 1. The molecule has 3 aromatic rings. The molecular formula is C27H32N8O3. The number of anilines is 3. The lowest BCUT2D eigenvalue weighted by Gasteiger charge is -2.28. The molecule has 1 saturated heterocycles. The molecule has 1 amide bonds. The Balaban J connectivity index is 1.66. The Morgan fingerprint density at radius 2 is 2.00 bits per heavy atom. The Morgan fingerprint density at radius 3 is 2.71 bits per heavy atom. The molecule has 0 aliphatic carbocycles. The first-order chi connectivity index (χ1) is 18.2. The molecule has 3 N–H and O–H groups in total. The average molecular weight is 517 g/mol. The summed E-state index contributed by atoms with van der Waals surface area (Å²) in [6.07, 6.45) is 3.12. The van der Waals surface area contributed by atoms with Crippen LogP contribution in [0.1, 0.15) is 42.5 Å². The molecule has 1 aliphatic heterocycles. The van der Waals surface area contributed by atoms with Gasteiger partial charge in [0.05, 0.1) is 54.6 Å². The lowest BCUT2D eigenvalue weighted by atomic mass is 9.90. The van der Waals surface area contributed by atoms with Gasteiger partial charge in [-0.05, 0) is 45.9 Å². The second kappa shape index (κ2) is 11.5. The van der Waals surface area contributed by atoms with Gasteiger partial charge in [0, 0.05) is 48.2 Å². The molecule has 3 aromatic heterocycles. The molecule has 1 aliphatic rings. The molecular weight excluding hydrogens is 484 g/mol. The molecule has 0 spiro atoms. The monoisotopic (exact) mass is 516 g/mol. The lowest BCUT2D eigenvalue weighted by Crippen LogP contribution is -2.37. The minimum absolute atomic E-state index is 0.0646. The van der Waals surface area contributed by atoms with Gasteiger partial charge in [0.15, 0.2) is 0 Å². The third-order valence-corrected chi connectivity index (χ3v) is 6.26. The maximum absolute atomic E-state index is 13.1. The molecule has 0 radical (unpaired) electrons. The first kappa shape index (κ1) is 26.9. The summed E-state index contributed by atoms with van der Waals surface area (Å²) < 4.78 is 5.49. The van der Waals surface area contributed by atoms with Gasteiger partial charge in [-0.1, -0.05) is 0 Å². The van der Waals surface area contributed by atoms with E-state index in [-0.39, 0.29) is 18.6 Å². The molecule has 38 heavy (non-hydrogen) atoms. The number of carbonyl (C=O) groups excluding carboxylic acids is 1. The molecule has 4 rings (SSSR count). The predicted molar refractivity (Wildman–Crippen MR) is 144 cm³/mol. The standard InChI is InChI=1S/C27H32N8O3/c1-17(15-36)31-26-33-22(13-24(34-26)35-7-9-38-10-8-35)21-12-20(14-30-18(21)2)32-25(37)19-5-6-29-23(11-19)27(3,4)16-28/h5-6,11-14,17,36H,7-10,15H2,1-4H3,(H,32,37)(H,31,33,34). The summed E-state index contributed by atoms with van der Waals surface area (Å²) in [6.45, 7) is 9.79. The number of aliphatic hydroxyl groups excluding tert-OH is 1. The highest BCUT2D eigenvalue weighted by Gasteiger charge is 2.23. The summed E-state index contributed by atoms with van der Waals surface area (Å²) in [4.78, 5) is 33.3. The molecule has 1 atom stereocenters. The van der Waals surface area contributed by atoms with Gasteiger partial charge in [-0.3, -0.25) is 14.8 Å². The van der Waals surface area contributed by atoms with Gasteiger partial charge in [-0.25, -0.2) is 4.98 Å². The molecule has 11 heteroatoms. The number of pyridine rings is 2. The topological polar surface area (TPSA) is 149 Å². The number of ether oxygens (including phenoxy) is 1. The van der Waals surface area contributed by atoms with Crippen LogP contribution >= 0.6 is 0 Å². The zero-order chi connectivity index (χ0) is 27.3. The van der Waals surface area contributed by atoms with Gasteiger partial charge in [-0.2, -0.15) is 10.2 Å². The van der Waals surface area contributed by atoms with E-state index < -0.39 is 5.41 Å². The van der Waals surface area contributed by atoms with Crippen molar-refractivity contribution in [1.82, 2.24) is 19.9 Å². The van der Waals surface area contributed by atoms with Crippen molar-refractivity contribution >= 4 is 23.4 Å². The Kier molecular flexibility index (Phi) is 8.14. The maximum Gasteiger partial charge on any atom is 0.255 e. The highest BCUT2D eigenvalue weighted by molar-refractivity contribution is 6.04. The van der Waals surface area contributed by atoms with Crippen LogP contribution in [0.15, 0.2) is 36.7 Å². The molecule has 0 aromatic carbocycles. The fraction of sp³-hybridized carbons (Fsp3) is 0.407. The number of carbonyl (C=O) groups is 1. The fourth-order valence-corrected chi connectivity index (χ4v) is 3.89. The number of hydrogen-bond donors (Lipinski definition) is 3. The van der Waals surface area contributed by atoms with Crippen molar-refractivity contribution in [3.8, 4) is 17.3 Å². The van der Waals surface area contributed by atoms with Crippen LogP contribution in [0.25, 0.3) is 11.3 Å². The average Bonchev–Trinajstić information content (AvgIpc) is 2.94. The second-order valence-electron chi connectivity index (χ2n) is 9.74. The third-order valence-electron chi connectivity index (χ3n) is 6.26. The van der Waals surface area contributed by atoms with Gasteiger partial charge in [-0.15, -0.1) is 0 Å². The van der Waals surface area contributed by atoms with Crippen molar-refractivity contribution in [2.75, 3.05) is 48.4 Å². The number of aliphatic hydroxyl groups is 1. The van der Waals surface area contributed by atoms with Crippen LogP contribution < -0.4 is 15.5 Å². The van der Waals surface area contributed by atoms with Crippen molar-refractivity contribution in [3.05, 3.63) is 53.6 Å². The van der Waals surface area contributed by atoms with E-state index in [0.29, 0.717) is 54.9 Å². The summed E-state index contributed by atoms with van der Waals surface area (Å²) in [5, 5.41) is 25.0. The van der Waals surface area contributed by atoms with Gasteiger partial charge in [0.2, 0.25) is 5.95 Å². The van der Waals surface area contributed by atoms with Gasteiger partial charge in [0.25, 0.3) is 5.91 Å². The number of morpholine rings is 1. The summed E-state index contributed by atoms with van der Waals surface area (Å²) in [6, 6.07) is 8.93. The zero-order valence-electron chi connectivity index (χ0n) is 22.0. The first-order valence-corrected chi connectivity index (χ1v) is 12.5. The lowest BCUT2D eigenvalue weighted by molar-refractivity contribution is 0.102. The molecule has 1 unspecified atom stereocenters. The van der Waals surface area contributed by atoms with Crippen LogP contribution in [0.4, 0.5) is 17.5 Å². The largest absolute Gasteiger partial charge is 0.394 e. The Bertz CT molecular complexity index is 1350. The fourth-order valence-electron chi connectivity index (χ4n) is 3.89. The second-order valence-corrected chi connectivity index (χ2v) is 9.74. The van der Waals surface area contributed by atoms with Crippen molar-refractivity contribution in [1.29, 1.82) is 5.26 Å². The smallest absolute Gasteiger partial charge is 0.255 e. The van der Waals surface area contributed by atoms with E-state index in [2.05, 4.69) is 36.6 Å². The van der Waals surface area contributed by atoms with Crippen molar-refractivity contribution in [2.45, 2.75) is 39.2 Å². The third kappa shape index (κ3) is 6.22. The van der Waals surface area contributed by atoms with Crippen molar-refractivity contribution in [3.63, 3.8) is 0 Å². The van der Waals surface area contributed by atoms with Crippen LogP contribution in [0.2, 0.25) is 0 Å². The van der Waals surface area contributed by atoms with Crippen LogP contribution in [-0.4, -0.2) is 69.9 Å². The number of amides is 1. The number of hydrogen-bond acceptors (Lipinski definition) is 10. The van der Waals surface area contributed by atoms with Gasteiger partial charge in [0.1, 0.15) is 5.82 Å². The Labute approximate surface area is 221 Å².